The molecule has 2 rings (SSSR count). The third kappa shape index (κ3) is 4.23. The molecule has 2 N–H and O–H groups in total. The Bertz CT molecular complexity index is 530. The summed E-state index contributed by atoms with van der Waals surface area (Å²) in [4.78, 5) is 26.1. The Hall–Kier alpha value is -2.04. The molecule has 1 unspecified atom stereocenters. The Morgan fingerprint density at radius 1 is 1.32 bits per heavy atom. The van der Waals surface area contributed by atoms with Crippen molar-refractivity contribution in [3.63, 3.8) is 0 Å². The Balaban J connectivity index is 1.95. The molecular formula is C17H25N3O2. The SMILES string of the molecule is CCNC(=O)C1CCCN(C(=O)Nc2cccc(CC)c2)C1. The molecule has 22 heavy (non-hydrogen) atoms. The van der Waals surface area contributed by atoms with Crippen molar-refractivity contribution in [3.05, 3.63) is 29.8 Å². The summed E-state index contributed by atoms with van der Waals surface area (Å²) in [5, 5.41) is 5.78. The average Bonchev–Trinajstić information content (AvgIpc) is 2.55. The lowest BCUT2D eigenvalue weighted by molar-refractivity contribution is -0.126. The number of aryl methyl sites for hydroxylation is 1. The predicted molar refractivity (Wildman–Crippen MR) is 87.8 cm³/mol. The summed E-state index contributed by atoms with van der Waals surface area (Å²) >= 11 is 0. The van der Waals surface area contributed by atoms with Gasteiger partial charge in [-0.05, 0) is 43.9 Å². The zero-order valence-electron chi connectivity index (χ0n) is 13.4. The molecule has 5 nitrogen and oxygen atoms in total. The lowest BCUT2D eigenvalue weighted by atomic mass is 9.97. The number of carbonyl (C=O) groups excluding carboxylic acids is 2. The van der Waals surface area contributed by atoms with Crippen LogP contribution >= 0.6 is 0 Å². The summed E-state index contributed by atoms with van der Waals surface area (Å²) in [6, 6.07) is 7.75. The number of hydrogen-bond acceptors (Lipinski definition) is 2. The van der Waals surface area contributed by atoms with E-state index in [0.717, 1.165) is 24.9 Å². The standard InChI is InChI=1S/C17H25N3O2/c1-3-13-7-5-9-15(11-13)19-17(22)20-10-6-8-14(12-20)16(21)18-4-2/h5,7,9,11,14H,3-4,6,8,10,12H2,1-2H3,(H,18,21)(H,19,22). The fourth-order valence-corrected chi connectivity index (χ4v) is 2.77. The van der Waals surface area contributed by atoms with Gasteiger partial charge in [0.05, 0.1) is 5.92 Å². The fraction of sp³-hybridized carbons (Fsp3) is 0.529. The van der Waals surface area contributed by atoms with E-state index in [-0.39, 0.29) is 17.9 Å². The van der Waals surface area contributed by atoms with Gasteiger partial charge in [0, 0.05) is 25.3 Å². The molecule has 5 heteroatoms. The molecule has 1 aliphatic heterocycles. The highest BCUT2D eigenvalue weighted by atomic mass is 16.2. The highest BCUT2D eigenvalue weighted by Crippen LogP contribution is 2.18. The molecule has 0 bridgehead atoms. The van der Waals surface area contributed by atoms with E-state index in [1.165, 1.54) is 5.56 Å². The van der Waals surface area contributed by atoms with Crippen molar-refractivity contribution in [1.29, 1.82) is 0 Å². The van der Waals surface area contributed by atoms with E-state index in [1.807, 2.05) is 31.2 Å². The zero-order chi connectivity index (χ0) is 15.9. The Morgan fingerprint density at radius 3 is 2.86 bits per heavy atom. The number of benzene rings is 1. The number of urea groups is 1. The number of nitrogens with one attached hydrogen (secondary N) is 2. The van der Waals surface area contributed by atoms with Gasteiger partial charge in [-0.3, -0.25) is 4.79 Å². The minimum absolute atomic E-state index is 0.0491. The second kappa shape index (κ2) is 7.82. The van der Waals surface area contributed by atoms with Crippen molar-refractivity contribution in [2.75, 3.05) is 25.0 Å². The van der Waals surface area contributed by atoms with Crippen LogP contribution in [0.1, 0.15) is 32.3 Å². The van der Waals surface area contributed by atoms with E-state index >= 15 is 0 Å². The topological polar surface area (TPSA) is 61.4 Å². The summed E-state index contributed by atoms with van der Waals surface area (Å²) in [6.45, 7) is 5.82. The van der Waals surface area contributed by atoms with Crippen LogP contribution in [0.15, 0.2) is 24.3 Å². The molecule has 1 fully saturated rings. The molecule has 1 aliphatic rings. The van der Waals surface area contributed by atoms with E-state index in [4.69, 9.17) is 0 Å². The van der Waals surface area contributed by atoms with Crippen LogP contribution in [-0.4, -0.2) is 36.5 Å². The third-order valence-electron chi connectivity index (χ3n) is 4.02. The summed E-state index contributed by atoms with van der Waals surface area (Å²) in [5.74, 6) is -0.0468. The van der Waals surface area contributed by atoms with E-state index in [9.17, 15) is 9.59 Å². The number of hydrogen-bond donors (Lipinski definition) is 2. The van der Waals surface area contributed by atoms with Gasteiger partial charge in [-0.25, -0.2) is 4.79 Å². The third-order valence-corrected chi connectivity index (χ3v) is 4.02. The van der Waals surface area contributed by atoms with Crippen molar-refractivity contribution in [2.45, 2.75) is 33.1 Å². The number of amides is 3. The van der Waals surface area contributed by atoms with Crippen molar-refractivity contribution in [1.82, 2.24) is 10.2 Å². The Morgan fingerprint density at radius 2 is 2.14 bits per heavy atom. The van der Waals surface area contributed by atoms with Gasteiger partial charge in [0.15, 0.2) is 0 Å². The largest absolute Gasteiger partial charge is 0.356 e. The molecular weight excluding hydrogens is 278 g/mol. The van der Waals surface area contributed by atoms with E-state index in [1.54, 1.807) is 4.90 Å². The number of carbonyl (C=O) groups is 2. The van der Waals surface area contributed by atoms with Crippen LogP contribution in [0.25, 0.3) is 0 Å². The molecule has 1 aromatic carbocycles. The van der Waals surface area contributed by atoms with E-state index in [0.29, 0.717) is 19.6 Å². The summed E-state index contributed by atoms with van der Waals surface area (Å²) < 4.78 is 0. The lowest BCUT2D eigenvalue weighted by Gasteiger charge is -2.32. The molecule has 1 heterocycles. The molecule has 0 radical (unpaired) electrons. The summed E-state index contributed by atoms with van der Waals surface area (Å²) in [6.07, 6.45) is 2.65. The van der Waals surface area contributed by atoms with Crippen LogP contribution in [0, 0.1) is 5.92 Å². The monoisotopic (exact) mass is 303 g/mol. The molecule has 3 amide bonds. The van der Waals surface area contributed by atoms with Crippen molar-refractivity contribution in [2.24, 2.45) is 5.92 Å². The van der Waals surface area contributed by atoms with Crippen molar-refractivity contribution < 1.29 is 9.59 Å². The van der Waals surface area contributed by atoms with Crippen LogP contribution in [0.3, 0.4) is 0 Å². The first kappa shape index (κ1) is 16.3. The minimum Gasteiger partial charge on any atom is -0.356 e. The van der Waals surface area contributed by atoms with Crippen molar-refractivity contribution >= 4 is 17.6 Å². The number of anilines is 1. The molecule has 0 saturated carbocycles. The van der Waals surface area contributed by atoms with Crippen LogP contribution < -0.4 is 10.6 Å². The molecule has 1 aromatic rings. The molecule has 0 aliphatic carbocycles. The maximum absolute atomic E-state index is 12.4. The van der Waals surface area contributed by atoms with E-state index < -0.39 is 0 Å². The highest BCUT2D eigenvalue weighted by Gasteiger charge is 2.28. The van der Waals surface area contributed by atoms with Gasteiger partial charge in [-0.15, -0.1) is 0 Å². The minimum atomic E-state index is -0.123. The molecule has 1 atom stereocenters. The summed E-state index contributed by atoms with van der Waals surface area (Å²) in [5.41, 5.74) is 2.00. The normalized spacial score (nSPS) is 17.9. The predicted octanol–water partition coefficient (Wildman–Crippen LogP) is 2.63. The average molecular weight is 303 g/mol. The second-order valence-corrected chi connectivity index (χ2v) is 5.66. The zero-order valence-corrected chi connectivity index (χ0v) is 13.4. The van der Waals surface area contributed by atoms with Gasteiger partial charge < -0.3 is 15.5 Å². The van der Waals surface area contributed by atoms with Crippen molar-refractivity contribution in [3.8, 4) is 0 Å². The van der Waals surface area contributed by atoms with Crippen LogP contribution in [0.5, 0.6) is 0 Å². The smallest absolute Gasteiger partial charge is 0.321 e. The lowest BCUT2D eigenvalue weighted by Crippen LogP contribution is -2.46. The number of likely N-dealkylation sites (tertiary alicyclic amines) is 1. The van der Waals surface area contributed by atoms with Gasteiger partial charge in [0.2, 0.25) is 5.91 Å². The first-order valence-electron chi connectivity index (χ1n) is 8.06. The highest BCUT2D eigenvalue weighted by molar-refractivity contribution is 5.90. The maximum atomic E-state index is 12.4. The van der Waals surface area contributed by atoms with Crippen LogP contribution in [0.2, 0.25) is 0 Å². The fourth-order valence-electron chi connectivity index (χ4n) is 2.77. The molecule has 1 saturated heterocycles. The van der Waals surface area contributed by atoms with Gasteiger partial charge in [-0.1, -0.05) is 19.1 Å². The number of nitrogens with zero attached hydrogens (tertiary/aromatic N) is 1. The molecule has 0 aromatic heterocycles. The Kier molecular flexibility index (Phi) is 5.81. The first-order valence-corrected chi connectivity index (χ1v) is 8.06. The molecule has 0 spiro atoms. The van der Waals surface area contributed by atoms with E-state index in [2.05, 4.69) is 17.6 Å². The second-order valence-electron chi connectivity index (χ2n) is 5.66. The number of piperidine rings is 1. The summed E-state index contributed by atoms with van der Waals surface area (Å²) in [7, 11) is 0. The van der Waals surface area contributed by atoms with Crippen LogP contribution in [-0.2, 0) is 11.2 Å². The van der Waals surface area contributed by atoms with Gasteiger partial charge in [0.25, 0.3) is 0 Å². The van der Waals surface area contributed by atoms with Gasteiger partial charge in [0.1, 0.15) is 0 Å². The molecule has 120 valence electrons. The number of rotatable bonds is 4. The first-order chi connectivity index (χ1) is 10.6. The van der Waals surface area contributed by atoms with Gasteiger partial charge >= 0.3 is 6.03 Å². The maximum Gasteiger partial charge on any atom is 0.321 e. The Labute approximate surface area is 132 Å². The van der Waals surface area contributed by atoms with Crippen LogP contribution in [0.4, 0.5) is 10.5 Å². The quantitative estimate of drug-likeness (QED) is 0.898. The van der Waals surface area contributed by atoms with Gasteiger partial charge in [-0.2, -0.15) is 0 Å².